The van der Waals surface area contributed by atoms with Crippen LogP contribution in [-0.2, 0) is 22.6 Å². The van der Waals surface area contributed by atoms with Gasteiger partial charge in [0.2, 0.25) is 17.8 Å². The predicted molar refractivity (Wildman–Crippen MR) is 217 cm³/mol. The van der Waals surface area contributed by atoms with E-state index in [1.165, 1.54) is 11.1 Å². The number of nitrogens with zero attached hydrogens (tertiary/aromatic N) is 9. The zero-order chi connectivity index (χ0) is 41.4. The SMILES string of the molecule is CN1CCN(C2CC3CC2N(c2nnc(C(N)=O)c(Nc4ccc5c(c4)CCN(CC4CCN(c6ccc7c(c6)C(=O)N(C6CCC(=O)NC6=O)C7=O)CC4)C5)n2)C3)C1=O. The molecule has 18 nitrogen and oxygen atoms in total. The van der Waals surface area contributed by atoms with Crippen molar-refractivity contribution < 1.29 is 28.8 Å². The Kier molecular flexibility index (Phi) is 9.41. The number of nitrogens with two attached hydrogens (primary N) is 1. The number of rotatable bonds is 9. The van der Waals surface area contributed by atoms with Gasteiger partial charge in [-0.3, -0.25) is 39.1 Å². The molecule has 2 aromatic carbocycles. The van der Waals surface area contributed by atoms with E-state index in [9.17, 15) is 28.8 Å². The summed E-state index contributed by atoms with van der Waals surface area (Å²) in [7, 11) is 1.84. The summed E-state index contributed by atoms with van der Waals surface area (Å²) in [6.07, 6.45) is 4.99. The Morgan fingerprint density at radius 3 is 2.37 bits per heavy atom. The van der Waals surface area contributed by atoms with Crippen molar-refractivity contribution in [3.8, 4) is 0 Å². The largest absolute Gasteiger partial charge is 0.371 e. The van der Waals surface area contributed by atoms with Crippen LogP contribution in [-0.4, -0.2) is 141 Å². The summed E-state index contributed by atoms with van der Waals surface area (Å²) in [4.78, 5) is 92.4. The molecule has 4 unspecified atom stereocenters. The smallest absolute Gasteiger partial charge is 0.320 e. The lowest BCUT2D eigenvalue weighted by Gasteiger charge is -2.37. The lowest BCUT2D eigenvalue weighted by molar-refractivity contribution is -0.136. The lowest BCUT2D eigenvalue weighted by atomic mass is 9.93. The maximum Gasteiger partial charge on any atom is 0.320 e. The Morgan fingerprint density at radius 2 is 1.63 bits per heavy atom. The molecule has 4 saturated heterocycles. The molecule has 7 heterocycles. The zero-order valence-electron chi connectivity index (χ0n) is 33.5. The minimum absolute atomic E-state index is 0.0258. The Morgan fingerprint density at radius 1 is 0.850 bits per heavy atom. The number of imide groups is 2. The Balaban J connectivity index is 0.753. The monoisotopic (exact) mass is 816 g/mol. The van der Waals surface area contributed by atoms with Gasteiger partial charge in [-0.2, -0.15) is 4.98 Å². The average Bonchev–Trinajstić information content (AvgIpc) is 4.00. The number of carbonyl (C=O) groups excluding carboxylic acids is 6. The number of fused-ring (bicyclic) bond motifs is 4. The molecule has 4 atom stereocenters. The van der Waals surface area contributed by atoms with Gasteiger partial charge in [-0.05, 0) is 91.8 Å². The summed E-state index contributed by atoms with van der Waals surface area (Å²) in [5.41, 5.74) is 10.5. The highest BCUT2D eigenvalue weighted by Gasteiger charge is 2.51. The molecule has 7 amide bonds. The number of urea groups is 1. The second-order valence-electron chi connectivity index (χ2n) is 17.4. The van der Waals surface area contributed by atoms with E-state index >= 15 is 0 Å². The highest BCUT2D eigenvalue weighted by Crippen LogP contribution is 2.43. The summed E-state index contributed by atoms with van der Waals surface area (Å²) < 4.78 is 0. The number of amides is 7. The van der Waals surface area contributed by atoms with Crippen molar-refractivity contribution in [2.75, 3.05) is 68.0 Å². The van der Waals surface area contributed by atoms with E-state index in [4.69, 9.17) is 10.7 Å². The van der Waals surface area contributed by atoms with Crippen LogP contribution in [0.25, 0.3) is 0 Å². The van der Waals surface area contributed by atoms with Crippen molar-refractivity contribution in [1.82, 2.24) is 40.1 Å². The number of nitrogens with one attached hydrogen (secondary N) is 2. The van der Waals surface area contributed by atoms with Crippen molar-refractivity contribution in [3.63, 3.8) is 0 Å². The van der Waals surface area contributed by atoms with E-state index in [1.807, 2.05) is 24.1 Å². The zero-order valence-corrected chi connectivity index (χ0v) is 33.5. The van der Waals surface area contributed by atoms with Crippen molar-refractivity contribution in [2.24, 2.45) is 17.6 Å². The van der Waals surface area contributed by atoms with Crippen LogP contribution < -0.4 is 26.2 Å². The number of piperidine rings is 3. The van der Waals surface area contributed by atoms with Gasteiger partial charge in [0.1, 0.15) is 6.04 Å². The van der Waals surface area contributed by atoms with Crippen LogP contribution >= 0.6 is 0 Å². The van der Waals surface area contributed by atoms with Gasteiger partial charge in [-0.1, -0.05) is 6.07 Å². The number of aromatic nitrogens is 3. The normalized spacial score (nSPS) is 25.7. The molecular formula is C42H48N12O6. The quantitative estimate of drug-likeness (QED) is 0.263. The molecule has 0 radical (unpaired) electrons. The molecule has 4 N–H and O–H groups in total. The minimum atomic E-state index is -0.982. The Bertz CT molecular complexity index is 2330. The summed E-state index contributed by atoms with van der Waals surface area (Å²) >= 11 is 0. The van der Waals surface area contributed by atoms with Crippen LogP contribution in [0.2, 0.25) is 0 Å². The number of likely N-dealkylation sites (N-methyl/N-ethyl adjacent to an activating group) is 1. The van der Waals surface area contributed by atoms with Gasteiger partial charge in [-0.25, -0.2) is 4.79 Å². The van der Waals surface area contributed by atoms with E-state index in [0.29, 0.717) is 29.9 Å². The number of benzene rings is 2. The molecule has 10 rings (SSSR count). The fourth-order valence-corrected chi connectivity index (χ4v) is 10.6. The van der Waals surface area contributed by atoms with Gasteiger partial charge in [0, 0.05) is 77.2 Å². The summed E-state index contributed by atoms with van der Waals surface area (Å²) in [5.74, 6) is -1.08. The first kappa shape index (κ1) is 38.1. The molecule has 312 valence electrons. The molecule has 0 spiro atoms. The fourth-order valence-electron chi connectivity index (χ4n) is 10.6. The third kappa shape index (κ3) is 6.66. The summed E-state index contributed by atoms with van der Waals surface area (Å²) in [6, 6.07) is 10.8. The van der Waals surface area contributed by atoms with E-state index in [-0.39, 0.29) is 48.0 Å². The molecule has 2 bridgehead atoms. The molecule has 18 heteroatoms. The topological polar surface area (TPSA) is 211 Å². The highest BCUT2D eigenvalue weighted by molar-refractivity contribution is 6.23. The number of hydrogen-bond donors (Lipinski definition) is 3. The first-order valence-corrected chi connectivity index (χ1v) is 21.0. The van der Waals surface area contributed by atoms with E-state index in [1.54, 1.807) is 17.0 Å². The van der Waals surface area contributed by atoms with E-state index in [0.717, 1.165) is 94.2 Å². The minimum Gasteiger partial charge on any atom is -0.371 e. The van der Waals surface area contributed by atoms with Crippen LogP contribution in [0.15, 0.2) is 36.4 Å². The first-order chi connectivity index (χ1) is 29.0. The maximum absolute atomic E-state index is 13.4. The van der Waals surface area contributed by atoms with Crippen molar-refractivity contribution >= 4 is 58.7 Å². The molecule has 1 saturated carbocycles. The maximum atomic E-state index is 13.4. The number of carbonyl (C=O) groups is 6. The average molecular weight is 817 g/mol. The molecule has 7 aliphatic rings. The third-order valence-corrected chi connectivity index (χ3v) is 13.7. The van der Waals surface area contributed by atoms with E-state index in [2.05, 4.69) is 47.7 Å². The summed E-state index contributed by atoms with van der Waals surface area (Å²) in [5, 5.41) is 14.1. The van der Waals surface area contributed by atoms with Gasteiger partial charge < -0.3 is 30.7 Å². The molecule has 1 aromatic heterocycles. The van der Waals surface area contributed by atoms with Gasteiger partial charge in [0.15, 0.2) is 11.5 Å². The standard InChI is InChI=1S/C42H48N12O6/c1-49-14-15-52(42(49)60)32-16-24-17-33(32)53(21-24)41-46-37(35(36(43)56)47-48-41)44-27-3-2-26-22-50(11-10-25(26)18-27)20-23-8-12-51(13-9-23)28-4-5-29-30(19-28)40(59)54(39(29)58)31-6-7-34(55)45-38(31)57/h2-5,18-19,23-24,31-33H,6-17,20-22H2,1H3,(H2,43,56)(H,44,46,48)(H,45,55,57). The van der Waals surface area contributed by atoms with Crippen molar-refractivity contribution in [3.05, 3.63) is 64.3 Å². The fraction of sp³-hybridized carbons (Fsp3) is 0.500. The van der Waals surface area contributed by atoms with Crippen LogP contribution in [0.4, 0.5) is 27.9 Å². The summed E-state index contributed by atoms with van der Waals surface area (Å²) in [6.45, 7) is 6.58. The van der Waals surface area contributed by atoms with Gasteiger partial charge >= 0.3 is 6.03 Å². The Hall–Kier alpha value is -6.17. The van der Waals surface area contributed by atoms with Crippen LogP contribution in [0.5, 0.6) is 0 Å². The molecular weight excluding hydrogens is 769 g/mol. The number of anilines is 4. The van der Waals surface area contributed by atoms with Gasteiger partial charge in [0.05, 0.1) is 23.2 Å². The second kappa shape index (κ2) is 14.8. The van der Waals surface area contributed by atoms with Crippen LogP contribution in [0.1, 0.15) is 80.9 Å². The highest BCUT2D eigenvalue weighted by atomic mass is 16.2. The molecule has 5 fully saturated rings. The number of hydrogen-bond acceptors (Lipinski definition) is 13. The van der Waals surface area contributed by atoms with Crippen molar-refractivity contribution in [2.45, 2.75) is 69.6 Å². The lowest BCUT2D eigenvalue weighted by Crippen LogP contribution is -2.54. The molecule has 1 aliphatic carbocycles. The van der Waals surface area contributed by atoms with Crippen LogP contribution in [0.3, 0.4) is 0 Å². The predicted octanol–water partition coefficient (Wildman–Crippen LogP) is 1.72. The molecule has 3 aromatic rings. The van der Waals surface area contributed by atoms with Crippen LogP contribution in [0, 0.1) is 11.8 Å². The van der Waals surface area contributed by atoms with Gasteiger partial charge in [-0.15, -0.1) is 10.2 Å². The first-order valence-electron chi connectivity index (χ1n) is 21.0. The van der Waals surface area contributed by atoms with Gasteiger partial charge in [0.25, 0.3) is 17.7 Å². The molecule has 6 aliphatic heterocycles. The molecule has 60 heavy (non-hydrogen) atoms. The number of primary amides is 1. The van der Waals surface area contributed by atoms with Crippen molar-refractivity contribution in [1.29, 1.82) is 0 Å². The third-order valence-electron chi connectivity index (χ3n) is 13.7. The Labute approximate surface area is 346 Å². The second-order valence-corrected chi connectivity index (χ2v) is 17.4. The van der Waals surface area contributed by atoms with E-state index < -0.39 is 35.6 Å².